The quantitative estimate of drug-likeness (QED) is 0.500. The minimum absolute atomic E-state index is 0.155. The summed E-state index contributed by atoms with van der Waals surface area (Å²) in [4.78, 5) is 10.7. The molecule has 0 aliphatic rings. The summed E-state index contributed by atoms with van der Waals surface area (Å²) in [5.74, 6) is 4.91. The second kappa shape index (κ2) is 5.19. The van der Waals surface area contributed by atoms with Gasteiger partial charge in [0.1, 0.15) is 5.75 Å². The van der Waals surface area contributed by atoms with Gasteiger partial charge in [0.25, 0.3) is 5.91 Å². The van der Waals surface area contributed by atoms with Crippen molar-refractivity contribution in [2.45, 2.75) is 0 Å². The number of ether oxygens (including phenoxy) is 1. The van der Waals surface area contributed by atoms with Crippen LogP contribution in [0.15, 0.2) is 22.7 Å². The fraction of sp³-hybridized carbons (Fsp3) is 0.125. The Bertz CT molecular complexity index is 346. The van der Waals surface area contributed by atoms with Crippen LogP contribution in [0.1, 0.15) is 0 Å². The van der Waals surface area contributed by atoms with Crippen LogP contribution in [0.2, 0.25) is 5.02 Å². The molecule has 0 heterocycles. The van der Waals surface area contributed by atoms with E-state index in [9.17, 15) is 4.79 Å². The number of hydrazine groups is 1. The van der Waals surface area contributed by atoms with Gasteiger partial charge in [-0.25, -0.2) is 5.84 Å². The van der Waals surface area contributed by atoms with Crippen molar-refractivity contribution in [3.05, 3.63) is 27.7 Å². The molecule has 0 spiro atoms. The number of carbonyl (C=O) groups excluding carboxylic acids is 1. The number of hydrogen-bond donors (Lipinski definition) is 2. The van der Waals surface area contributed by atoms with Crippen LogP contribution in [-0.4, -0.2) is 12.5 Å². The summed E-state index contributed by atoms with van der Waals surface area (Å²) < 4.78 is 5.95. The topological polar surface area (TPSA) is 64.3 Å². The molecule has 76 valence electrons. The van der Waals surface area contributed by atoms with Crippen molar-refractivity contribution < 1.29 is 9.53 Å². The molecule has 6 heteroatoms. The highest BCUT2D eigenvalue weighted by Crippen LogP contribution is 2.27. The molecule has 0 radical (unpaired) electrons. The van der Waals surface area contributed by atoms with Crippen molar-refractivity contribution in [1.82, 2.24) is 5.43 Å². The lowest BCUT2D eigenvalue weighted by Gasteiger charge is -2.06. The van der Waals surface area contributed by atoms with E-state index >= 15 is 0 Å². The van der Waals surface area contributed by atoms with Crippen LogP contribution in [0, 0.1) is 0 Å². The van der Waals surface area contributed by atoms with Gasteiger partial charge in [0.15, 0.2) is 6.61 Å². The molecular weight excluding hydrogens is 271 g/mol. The summed E-state index contributed by atoms with van der Waals surface area (Å²) in [7, 11) is 0. The molecule has 4 nitrogen and oxygen atoms in total. The Morgan fingerprint density at radius 1 is 1.64 bits per heavy atom. The zero-order valence-electron chi connectivity index (χ0n) is 7.09. The summed E-state index contributed by atoms with van der Waals surface area (Å²) in [6.45, 7) is -0.155. The number of nitrogens with one attached hydrogen (secondary N) is 1. The van der Waals surface area contributed by atoms with Crippen molar-refractivity contribution in [2.24, 2.45) is 5.84 Å². The predicted molar refractivity (Wildman–Crippen MR) is 57.0 cm³/mol. The zero-order chi connectivity index (χ0) is 10.6. The first-order valence-corrected chi connectivity index (χ1v) is 4.88. The van der Waals surface area contributed by atoms with E-state index in [1.54, 1.807) is 18.2 Å². The second-order valence-electron chi connectivity index (χ2n) is 2.43. The zero-order valence-corrected chi connectivity index (χ0v) is 9.43. The normalized spacial score (nSPS) is 9.64. The molecular formula is C8H8BrClN2O2. The first kappa shape index (κ1) is 11.3. The van der Waals surface area contributed by atoms with E-state index in [1.165, 1.54) is 0 Å². The third-order valence-electron chi connectivity index (χ3n) is 1.41. The molecule has 0 saturated carbocycles. The van der Waals surface area contributed by atoms with Crippen LogP contribution >= 0.6 is 27.5 Å². The molecule has 0 fully saturated rings. The van der Waals surface area contributed by atoms with Gasteiger partial charge in [0.05, 0.1) is 5.02 Å². The van der Waals surface area contributed by atoms with E-state index in [0.717, 1.165) is 4.47 Å². The highest BCUT2D eigenvalue weighted by molar-refractivity contribution is 9.10. The van der Waals surface area contributed by atoms with E-state index < -0.39 is 5.91 Å². The second-order valence-corrected chi connectivity index (χ2v) is 3.75. The molecule has 0 unspecified atom stereocenters. The van der Waals surface area contributed by atoms with E-state index in [1.807, 2.05) is 5.43 Å². The van der Waals surface area contributed by atoms with Gasteiger partial charge in [0, 0.05) is 4.47 Å². The molecule has 1 rings (SSSR count). The Labute approximate surface area is 94.5 Å². The van der Waals surface area contributed by atoms with E-state index in [2.05, 4.69) is 15.9 Å². The van der Waals surface area contributed by atoms with Crippen LogP contribution in [0.5, 0.6) is 5.75 Å². The fourth-order valence-corrected chi connectivity index (χ4v) is 1.51. The van der Waals surface area contributed by atoms with Gasteiger partial charge in [-0.15, -0.1) is 0 Å². The Hall–Kier alpha value is -0.780. The average molecular weight is 280 g/mol. The number of carbonyl (C=O) groups is 1. The fourth-order valence-electron chi connectivity index (χ4n) is 0.777. The Morgan fingerprint density at radius 3 is 2.93 bits per heavy atom. The molecule has 1 aromatic carbocycles. The highest BCUT2D eigenvalue weighted by Gasteiger charge is 2.04. The number of halogens is 2. The Kier molecular flexibility index (Phi) is 4.19. The van der Waals surface area contributed by atoms with Gasteiger partial charge in [-0.1, -0.05) is 27.5 Å². The van der Waals surface area contributed by atoms with E-state index in [-0.39, 0.29) is 6.61 Å². The van der Waals surface area contributed by atoms with Crippen LogP contribution in [-0.2, 0) is 4.79 Å². The average Bonchev–Trinajstić information content (AvgIpc) is 2.16. The van der Waals surface area contributed by atoms with Gasteiger partial charge < -0.3 is 4.74 Å². The Morgan fingerprint density at radius 2 is 2.36 bits per heavy atom. The smallest absolute Gasteiger partial charge is 0.271 e. The van der Waals surface area contributed by atoms with Crippen molar-refractivity contribution in [1.29, 1.82) is 0 Å². The summed E-state index contributed by atoms with van der Waals surface area (Å²) in [6, 6.07) is 5.11. The third kappa shape index (κ3) is 3.17. The molecule has 0 bridgehead atoms. The lowest BCUT2D eigenvalue weighted by Crippen LogP contribution is -2.34. The first-order valence-electron chi connectivity index (χ1n) is 3.71. The SMILES string of the molecule is NNC(=O)COc1ccc(Br)cc1Cl. The van der Waals surface area contributed by atoms with Gasteiger partial charge in [-0.05, 0) is 18.2 Å². The van der Waals surface area contributed by atoms with Crippen molar-refractivity contribution >= 4 is 33.4 Å². The van der Waals surface area contributed by atoms with Crippen molar-refractivity contribution in [3.8, 4) is 5.75 Å². The van der Waals surface area contributed by atoms with E-state index in [0.29, 0.717) is 10.8 Å². The molecule has 0 aromatic heterocycles. The number of rotatable bonds is 3. The lowest BCUT2D eigenvalue weighted by atomic mass is 10.3. The third-order valence-corrected chi connectivity index (χ3v) is 2.20. The van der Waals surface area contributed by atoms with E-state index in [4.69, 9.17) is 22.2 Å². The summed E-state index contributed by atoms with van der Waals surface area (Å²) in [6.07, 6.45) is 0. The maximum Gasteiger partial charge on any atom is 0.271 e. The summed E-state index contributed by atoms with van der Waals surface area (Å²) in [5.41, 5.74) is 1.95. The maximum atomic E-state index is 10.7. The summed E-state index contributed by atoms with van der Waals surface area (Å²) in [5, 5.41) is 0.434. The van der Waals surface area contributed by atoms with Crippen LogP contribution in [0.4, 0.5) is 0 Å². The highest BCUT2D eigenvalue weighted by atomic mass is 79.9. The molecule has 0 aliphatic heterocycles. The largest absolute Gasteiger partial charge is 0.482 e. The van der Waals surface area contributed by atoms with Crippen LogP contribution in [0.25, 0.3) is 0 Å². The number of amides is 1. The lowest BCUT2D eigenvalue weighted by molar-refractivity contribution is -0.123. The van der Waals surface area contributed by atoms with Gasteiger partial charge in [0.2, 0.25) is 0 Å². The molecule has 3 N–H and O–H groups in total. The monoisotopic (exact) mass is 278 g/mol. The predicted octanol–water partition coefficient (Wildman–Crippen LogP) is 1.47. The van der Waals surface area contributed by atoms with Crippen molar-refractivity contribution in [2.75, 3.05) is 6.61 Å². The standard InChI is InChI=1S/C8H8BrClN2O2/c9-5-1-2-7(6(10)3-5)14-4-8(13)12-11/h1-3H,4,11H2,(H,12,13). The van der Waals surface area contributed by atoms with Gasteiger partial charge in [-0.3, -0.25) is 10.2 Å². The van der Waals surface area contributed by atoms with Crippen molar-refractivity contribution in [3.63, 3.8) is 0 Å². The van der Waals surface area contributed by atoms with Gasteiger partial charge in [-0.2, -0.15) is 0 Å². The molecule has 1 amide bonds. The maximum absolute atomic E-state index is 10.7. The molecule has 0 aliphatic carbocycles. The molecule has 1 aromatic rings. The minimum atomic E-state index is -0.413. The number of nitrogens with two attached hydrogens (primary N) is 1. The number of benzene rings is 1. The molecule has 14 heavy (non-hydrogen) atoms. The van der Waals surface area contributed by atoms with Gasteiger partial charge >= 0.3 is 0 Å². The first-order chi connectivity index (χ1) is 6.63. The van der Waals surface area contributed by atoms with Crippen LogP contribution in [0.3, 0.4) is 0 Å². The number of hydrogen-bond acceptors (Lipinski definition) is 3. The van der Waals surface area contributed by atoms with Crippen LogP contribution < -0.4 is 16.0 Å². The molecule has 0 saturated heterocycles. The minimum Gasteiger partial charge on any atom is -0.482 e. The summed E-state index contributed by atoms with van der Waals surface area (Å²) >= 11 is 9.09. The molecule has 0 atom stereocenters. The Balaban J connectivity index is 2.63.